The first kappa shape index (κ1) is 20.8. The molecule has 0 radical (unpaired) electrons. The van der Waals surface area contributed by atoms with Gasteiger partial charge < -0.3 is 10.1 Å². The fraction of sp³-hybridized carbons (Fsp3) is 0.478. The predicted molar refractivity (Wildman–Crippen MR) is 108 cm³/mol. The lowest BCUT2D eigenvalue weighted by Gasteiger charge is -2.32. The minimum absolute atomic E-state index is 0.370. The van der Waals surface area contributed by atoms with Crippen LogP contribution in [0.3, 0.4) is 0 Å². The number of carbonyl (C=O) groups is 1. The van der Waals surface area contributed by atoms with Crippen LogP contribution in [0.1, 0.15) is 57.6 Å². The number of methoxy groups -OCH3 is 1. The third-order valence-corrected chi connectivity index (χ3v) is 4.69. The summed E-state index contributed by atoms with van der Waals surface area (Å²) in [6.45, 7) is 10.5. The number of nitrogens with zero attached hydrogens (tertiary/aromatic N) is 1. The standard InChI is InChI=1S/C23H30N2O2/c1-14(2)11-19-18(13-24)21(17-9-7-16(5)8-10-17)22(23(26)27-6)20(25-19)12-15(3)4/h7-10,14-15,21,25H,11-12H2,1-6H3. The summed E-state index contributed by atoms with van der Waals surface area (Å²) in [5, 5.41) is 13.4. The van der Waals surface area contributed by atoms with E-state index < -0.39 is 5.92 Å². The van der Waals surface area contributed by atoms with Gasteiger partial charge in [-0.25, -0.2) is 4.79 Å². The molecule has 0 saturated carbocycles. The SMILES string of the molecule is COC(=O)C1=C(CC(C)C)NC(CC(C)C)=C(C#N)C1c1ccc(C)cc1. The van der Waals surface area contributed by atoms with Crippen LogP contribution in [0.15, 0.2) is 46.8 Å². The molecule has 0 saturated heterocycles. The van der Waals surface area contributed by atoms with Crippen LogP contribution in [-0.2, 0) is 9.53 Å². The van der Waals surface area contributed by atoms with Gasteiger partial charge in [0.25, 0.3) is 0 Å². The first-order chi connectivity index (χ1) is 12.8. The summed E-state index contributed by atoms with van der Waals surface area (Å²) in [6, 6.07) is 10.4. The summed E-state index contributed by atoms with van der Waals surface area (Å²) in [4.78, 5) is 12.7. The quantitative estimate of drug-likeness (QED) is 0.721. The molecule has 1 aromatic rings. The predicted octanol–water partition coefficient (Wildman–Crippen LogP) is 4.98. The number of nitriles is 1. The molecule has 0 aromatic heterocycles. The molecule has 1 atom stereocenters. The van der Waals surface area contributed by atoms with Gasteiger partial charge in [0.05, 0.1) is 30.2 Å². The van der Waals surface area contributed by atoms with Crippen molar-refractivity contribution in [2.45, 2.75) is 53.4 Å². The molecule has 1 unspecified atom stereocenters. The molecular weight excluding hydrogens is 336 g/mol. The van der Waals surface area contributed by atoms with Gasteiger partial charge in [-0.2, -0.15) is 5.26 Å². The second-order valence-electron chi connectivity index (χ2n) is 8.05. The highest BCUT2D eigenvalue weighted by molar-refractivity contribution is 5.93. The smallest absolute Gasteiger partial charge is 0.336 e. The van der Waals surface area contributed by atoms with E-state index in [1.807, 2.05) is 31.2 Å². The Bertz CT molecular complexity index is 793. The van der Waals surface area contributed by atoms with Gasteiger partial charge in [-0.1, -0.05) is 57.5 Å². The molecule has 1 aromatic carbocycles. The van der Waals surface area contributed by atoms with Crippen molar-refractivity contribution < 1.29 is 9.53 Å². The lowest BCUT2D eigenvalue weighted by molar-refractivity contribution is -0.136. The van der Waals surface area contributed by atoms with Crippen LogP contribution >= 0.6 is 0 Å². The second-order valence-corrected chi connectivity index (χ2v) is 8.05. The normalized spacial score (nSPS) is 17.2. The van der Waals surface area contributed by atoms with Crippen molar-refractivity contribution in [3.8, 4) is 6.07 Å². The molecular formula is C23H30N2O2. The number of hydrogen-bond acceptors (Lipinski definition) is 4. The Labute approximate surface area is 162 Å². The van der Waals surface area contributed by atoms with Crippen LogP contribution in [0, 0.1) is 30.1 Å². The van der Waals surface area contributed by atoms with E-state index in [-0.39, 0.29) is 5.97 Å². The van der Waals surface area contributed by atoms with E-state index in [9.17, 15) is 10.1 Å². The van der Waals surface area contributed by atoms with E-state index in [0.29, 0.717) is 23.0 Å². The van der Waals surface area contributed by atoms with Gasteiger partial charge in [-0.3, -0.25) is 0 Å². The van der Waals surface area contributed by atoms with Crippen molar-refractivity contribution in [3.63, 3.8) is 0 Å². The molecule has 0 aliphatic carbocycles. The number of carbonyl (C=O) groups excluding carboxylic acids is 1. The van der Waals surface area contributed by atoms with Crippen LogP contribution < -0.4 is 5.32 Å². The van der Waals surface area contributed by atoms with Crippen molar-refractivity contribution in [1.82, 2.24) is 5.32 Å². The molecule has 27 heavy (non-hydrogen) atoms. The lowest BCUT2D eigenvalue weighted by Crippen LogP contribution is -2.31. The zero-order valence-corrected chi connectivity index (χ0v) is 17.2. The Morgan fingerprint density at radius 1 is 1.11 bits per heavy atom. The van der Waals surface area contributed by atoms with Gasteiger partial charge in [0.1, 0.15) is 0 Å². The number of allylic oxidation sites excluding steroid dienone is 3. The van der Waals surface area contributed by atoms with E-state index in [4.69, 9.17) is 4.74 Å². The number of hydrogen-bond donors (Lipinski definition) is 1. The van der Waals surface area contributed by atoms with E-state index >= 15 is 0 Å². The van der Waals surface area contributed by atoms with E-state index in [1.165, 1.54) is 7.11 Å². The third-order valence-electron chi connectivity index (χ3n) is 4.69. The summed E-state index contributed by atoms with van der Waals surface area (Å²) >= 11 is 0. The fourth-order valence-corrected chi connectivity index (χ4v) is 3.52. The van der Waals surface area contributed by atoms with E-state index in [1.54, 1.807) is 0 Å². The highest BCUT2D eigenvalue weighted by Crippen LogP contribution is 2.41. The summed E-state index contributed by atoms with van der Waals surface area (Å²) in [7, 11) is 1.40. The van der Waals surface area contributed by atoms with E-state index in [0.717, 1.165) is 35.4 Å². The van der Waals surface area contributed by atoms with Crippen molar-refractivity contribution in [2.24, 2.45) is 11.8 Å². The average Bonchev–Trinajstić information content (AvgIpc) is 2.60. The zero-order valence-electron chi connectivity index (χ0n) is 17.2. The molecule has 0 bridgehead atoms. The highest BCUT2D eigenvalue weighted by atomic mass is 16.5. The Hall–Kier alpha value is -2.54. The van der Waals surface area contributed by atoms with Gasteiger partial charge in [0.15, 0.2) is 0 Å². The molecule has 1 heterocycles. The Kier molecular flexibility index (Phi) is 6.85. The van der Waals surface area contributed by atoms with Crippen LogP contribution in [0.25, 0.3) is 0 Å². The van der Waals surface area contributed by atoms with Crippen molar-refractivity contribution >= 4 is 5.97 Å². The van der Waals surface area contributed by atoms with Crippen molar-refractivity contribution in [1.29, 1.82) is 5.26 Å². The maximum absolute atomic E-state index is 12.7. The van der Waals surface area contributed by atoms with Gasteiger partial charge in [0.2, 0.25) is 0 Å². The van der Waals surface area contributed by atoms with Crippen molar-refractivity contribution in [2.75, 3.05) is 7.11 Å². The first-order valence-corrected chi connectivity index (χ1v) is 9.56. The van der Waals surface area contributed by atoms with Gasteiger partial charge in [0, 0.05) is 11.4 Å². The molecule has 4 nitrogen and oxygen atoms in total. The third kappa shape index (κ3) is 4.80. The van der Waals surface area contributed by atoms with Crippen LogP contribution in [0.4, 0.5) is 0 Å². The first-order valence-electron chi connectivity index (χ1n) is 9.56. The van der Waals surface area contributed by atoms with E-state index in [2.05, 4.69) is 39.1 Å². The maximum atomic E-state index is 12.7. The number of ether oxygens (including phenoxy) is 1. The summed E-state index contributed by atoms with van der Waals surface area (Å²) in [5.74, 6) is -0.00359. The number of dihydropyridines is 1. The Morgan fingerprint density at radius 2 is 1.67 bits per heavy atom. The van der Waals surface area contributed by atoms with Gasteiger partial charge in [-0.05, 0) is 37.2 Å². The monoisotopic (exact) mass is 366 g/mol. The largest absolute Gasteiger partial charge is 0.466 e. The summed E-state index contributed by atoms with van der Waals surface area (Å²) in [5.41, 5.74) is 5.04. The topological polar surface area (TPSA) is 62.1 Å². The number of esters is 1. The fourth-order valence-electron chi connectivity index (χ4n) is 3.52. The van der Waals surface area contributed by atoms with Gasteiger partial charge >= 0.3 is 5.97 Å². The van der Waals surface area contributed by atoms with Crippen LogP contribution in [-0.4, -0.2) is 13.1 Å². The molecule has 2 rings (SSSR count). The molecule has 1 aliphatic heterocycles. The molecule has 1 aliphatic rings. The number of nitrogens with one attached hydrogen (secondary N) is 1. The summed E-state index contributed by atoms with van der Waals surface area (Å²) < 4.78 is 5.12. The molecule has 144 valence electrons. The molecule has 1 N–H and O–H groups in total. The number of aryl methyl sites for hydroxylation is 1. The number of rotatable bonds is 6. The minimum atomic E-state index is -0.396. The average molecular weight is 367 g/mol. The molecule has 4 heteroatoms. The number of benzene rings is 1. The van der Waals surface area contributed by atoms with Crippen LogP contribution in [0.2, 0.25) is 0 Å². The highest BCUT2D eigenvalue weighted by Gasteiger charge is 2.36. The lowest BCUT2D eigenvalue weighted by atomic mass is 9.78. The maximum Gasteiger partial charge on any atom is 0.336 e. The van der Waals surface area contributed by atoms with Crippen molar-refractivity contribution in [3.05, 3.63) is 57.9 Å². The summed E-state index contributed by atoms with van der Waals surface area (Å²) in [6.07, 6.45) is 1.49. The molecule has 0 amide bonds. The Morgan fingerprint density at radius 3 is 2.15 bits per heavy atom. The van der Waals surface area contributed by atoms with Gasteiger partial charge in [-0.15, -0.1) is 0 Å². The Balaban J connectivity index is 2.71. The zero-order chi connectivity index (χ0) is 20.1. The second kappa shape index (κ2) is 8.90. The molecule has 0 spiro atoms. The van der Waals surface area contributed by atoms with Crippen LogP contribution in [0.5, 0.6) is 0 Å². The minimum Gasteiger partial charge on any atom is -0.466 e. The molecule has 0 fully saturated rings.